The third-order valence-electron chi connectivity index (χ3n) is 1.93. The second-order valence-electron chi connectivity index (χ2n) is 3.34. The number of unbranched alkanes of at least 4 members (excludes halogenated alkanes) is 1. The zero-order chi connectivity index (χ0) is 11.1. The Morgan fingerprint density at radius 3 is 2.50 bits per heavy atom. The van der Waals surface area contributed by atoms with Gasteiger partial charge >= 0.3 is 5.97 Å². The highest BCUT2D eigenvalue weighted by molar-refractivity contribution is 5.84. The molecule has 0 aliphatic carbocycles. The van der Waals surface area contributed by atoms with Gasteiger partial charge in [0, 0.05) is 7.05 Å². The molecule has 0 bridgehead atoms. The van der Waals surface area contributed by atoms with Gasteiger partial charge in [0.1, 0.15) is 6.54 Å². The minimum absolute atomic E-state index is 0.293. The minimum Gasteiger partial charge on any atom is -0.480 e. The Bertz CT molecular complexity index is 206. The molecule has 0 heterocycles. The number of hydrogen-bond donors (Lipinski definition) is 2. The van der Waals surface area contributed by atoms with Crippen LogP contribution in [0.25, 0.3) is 0 Å². The van der Waals surface area contributed by atoms with E-state index in [9.17, 15) is 9.59 Å². The number of aliphatic carboxylic acids is 1. The van der Waals surface area contributed by atoms with Crippen molar-refractivity contribution in [3.63, 3.8) is 0 Å². The Morgan fingerprint density at radius 1 is 1.50 bits per heavy atom. The monoisotopic (exact) mass is 202 g/mol. The molecule has 0 aromatic carbocycles. The highest BCUT2D eigenvalue weighted by Crippen LogP contribution is 2.01. The number of nitrogens with zero attached hydrogens (tertiary/aromatic N) is 1. The molecule has 0 aliphatic heterocycles. The summed E-state index contributed by atoms with van der Waals surface area (Å²) in [5, 5.41) is 8.46. The maximum Gasteiger partial charge on any atom is 0.323 e. The second-order valence-corrected chi connectivity index (χ2v) is 3.34. The van der Waals surface area contributed by atoms with E-state index < -0.39 is 12.0 Å². The lowest BCUT2D eigenvalue weighted by Crippen LogP contribution is -2.43. The maximum atomic E-state index is 11.4. The molecule has 0 aromatic rings. The maximum absolute atomic E-state index is 11.4. The van der Waals surface area contributed by atoms with E-state index in [0.29, 0.717) is 6.42 Å². The van der Waals surface area contributed by atoms with E-state index in [4.69, 9.17) is 10.8 Å². The van der Waals surface area contributed by atoms with Gasteiger partial charge in [-0.3, -0.25) is 9.59 Å². The average Bonchev–Trinajstić information content (AvgIpc) is 2.11. The van der Waals surface area contributed by atoms with E-state index in [1.807, 2.05) is 6.92 Å². The first-order valence-corrected chi connectivity index (χ1v) is 4.71. The molecule has 0 spiro atoms. The van der Waals surface area contributed by atoms with Crippen LogP contribution in [0.15, 0.2) is 0 Å². The first kappa shape index (κ1) is 12.9. The van der Waals surface area contributed by atoms with Gasteiger partial charge < -0.3 is 15.7 Å². The fourth-order valence-corrected chi connectivity index (χ4v) is 1.11. The standard InChI is InChI=1S/C9H18N2O3/c1-3-4-5-7(10)9(14)11(2)6-8(12)13/h7H,3-6,10H2,1-2H3,(H,12,13)/t7-/m0/s1. The topological polar surface area (TPSA) is 83.6 Å². The van der Waals surface area contributed by atoms with Crippen molar-refractivity contribution in [3.8, 4) is 0 Å². The zero-order valence-corrected chi connectivity index (χ0v) is 8.69. The molecule has 0 aromatic heterocycles. The summed E-state index contributed by atoms with van der Waals surface area (Å²) in [7, 11) is 1.45. The van der Waals surface area contributed by atoms with Gasteiger partial charge in [0.05, 0.1) is 6.04 Å². The van der Waals surface area contributed by atoms with Crippen LogP contribution >= 0.6 is 0 Å². The Hall–Kier alpha value is -1.10. The smallest absolute Gasteiger partial charge is 0.323 e. The lowest BCUT2D eigenvalue weighted by atomic mass is 10.1. The number of amides is 1. The number of carboxylic acid groups (broad SMARTS) is 1. The van der Waals surface area contributed by atoms with Crippen molar-refractivity contribution in [1.29, 1.82) is 0 Å². The van der Waals surface area contributed by atoms with Gasteiger partial charge in [-0.25, -0.2) is 0 Å². The Labute approximate surface area is 83.9 Å². The molecule has 0 rings (SSSR count). The van der Waals surface area contributed by atoms with Crippen LogP contribution in [0.2, 0.25) is 0 Å². The van der Waals surface area contributed by atoms with Gasteiger partial charge in [0.25, 0.3) is 0 Å². The predicted octanol–water partition coefficient (Wildman–Crippen LogP) is 0.0469. The van der Waals surface area contributed by atoms with Gasteiger partial charge in [-0.2, -0.15) is 0 Å². The summed E-state index contributed by atoms with van der Waals surface area (Å²) in [5.74, 6) is -1.33. The minimum atomic E-state index is -1.02. The summed E-state index contributed by atoms with van der Waals surface area (Å²) in [6.45, 7) is 1.72. The van der Waals surface area contributed by atoms with Crippen LogP contribution in [0.4, 0.5) is 0 Å². The summed E-state index contributed by atoms with van der Waals surface area (Å²) >= 11 is 0. The van der Waals surface area contributed by atoms with Crippen LogP contribution < -0.4 is 5.73 Å². The molecule has 1 amide bonds. The molecule has 0 saturated heterocycles. The van der Waals surface area contributed by atoms with Crippen LogP contribution in [0, 0.1) is 0 Å². The molecule has 5 nitrogen and oxygen atoms in total. The summed E-state index contributed by atoms with van der Waals surface area (Å²) in [4.78, 5) is 22.9. The first-order valence-electron chi connectivity index (χ1n) is 4.71. The van der Waals surface area contributed by atoms with Crippen LogP contribution in [0.3, 0.4) is 0 Å². The van der Waals surface area contributed by atoms with E-state index in [-0.39, 0.29) is 12.5 Å². The summed E-state index contributed by atoms with van der Waals surface area (Å²) in [6, 6.07) is -0.570. The molecule has 0 saturated carbocycles. The fourth-order valence-electron chi connectivity index (χ4n) is 1.11. The second kappa shape index (κ2) is 6.37. The average molecular weight is 202 g/mol. The molecule has 0 aliphatic rings. The van der Waals surface area contributed by atoms with E-state index >= 15 is 0 Å². The van der Waals surface area contributed by atoms with Gasteiger partial charge in [-0.15, -0.1) is 0 Å². The third-order valence-corrected chi connectivity index (χ3v) is 1.93. The van der Waals surface area contributed by atoms with E-state index in [1.165, 1.54) is 7.05 Å². The van der Waals surface area contributed by atoms with Gasteiger partial charge in [0.2, 0.25) is 5.91 Å². The zero-order valence-electron chi connectivity index (χ0n) is 8.69. The van der Waals surface area contributed by atoms with Crippen molar-refractivity contribution in [1.82, 2.24) is 4.90 Å². The number of carboxylic acids is 1. The van der Waals surface area contributed by atoms with Crippen molar-refractivity contribution < 1.29 is 14.7 Å². The number of nitrogens with two attached hydrogens (primary N) is 1. The molecule has 1 atom stereocenters. The molecular weight excluding hydrogens is 184 g/mol. The third kappa shape index (κ3) is 4.81. The van der Waals surface area contributed by atoms with Gasteiger partial charge in [0.15, 0.2) is 0 Å². The largest absolute Gasteiger partial charge is 0.480 e. The van der Waals surface area contributed by atoms with Crippen molar-refractivity contribution >= 4 is 11.9 Å². The molecule has 82 valence electrons. The number of carbonyl (C=O) groups is 2. The van der Waals surface area contributed by atoms with Crippen molar-refractivity contribution in [2.24, 2.45) is 5.73 Å². The number of carbonyl (C=O) groups excluding carboxylic acids is 1. The lowest BCUT2D eigenvalue weighted by molar-refractivity contribution is -0.144. The van der Waals surface area contributed by atoms with Crippen LogP contribution in [-0.2, 0) is 9.59 Å². The molecule has 5 heteroatoms. The lowest BCUT2D eigenvalue weighted by Gasteiger charge is -2.19. The van der Waals surface area contributed by atoms with Gasteiger partial charge in [-0.05, 0) is 6.42 Å². The highest BCUT2D eigenvalue weighted by Gasteiger charge is 2.18. The predicted molar refractivity (Wildman–Crippen MR) is 52.8 cm³/mol. The summed E-state index contributed by atoms with van der Waals surface area (Å²) < 4.78 is 0. The quantitative estimate of drug-likeness (QED) is 0.637. The van der Waals surface area contributed by atoms with E-state index in [2.05, 4.69) is 0 Å². The molecule has 0 unspecified atom stereocenters. The van der Waals surface area contributed by atoms with E-state index in [1.54, 1.807) is 0 Å². The fraction of sp³-hybridized carbons (Fsp3) is 0.778. The van der Waals surface area contributed by atoms with Crippen molar-refractivity contribution in [2.75, 3.05) is 13.6 Å². The SMILES string of the molecule is CCCC[C@H](N)C(=O)N(C)CC(=O)O. The summed E-state index contributed by atoms with van der Waals surface area (Å²) in [6.07, 6.45) is 2.47. The Kier molecular flexibility index (Phi) is 5.87. The molecule has 0 fully saturated rings. The highest BCUT2D eigenvalue weighted by atomic mass is 16.4. The number of likely N-dealkylation sites (N-methyl/N-ethyl adjacent to an activating group) is 1. The Balaban J connectivity index is 3.97. The molecular formula is C9H18N2O3. The van der Waals surface area contributed by atoms with Crippen LogP contribution in [-0.4, -0.2) is 41.5 Å². The number of hydrogen-bond acceptors (Lipinski definition) is 3. The van der Waals surface area contributed by atoms with E-state index in [0.717, 1.165) is 17.7 Å². The normalized spacial score (nSPS) is 12.2. The Morgan fingerprint density at radius 2 is 2.07 bits per heavy atom. The van der Waals surface area contributed by atoms with Crippen LogP contribution in [0.5, 0.6) is 0 Å². The van der Waals surface area contributed by atoms with Crippen LogP contribution in [0.1, 0.15) is 26.2 Å². The first-order chi connectivity index (χ1) is 6.49. The molecule has 14 heavy (non-hydrogen) atoms. The van der Waals surface area contributed by atoms with Crippen molar-refractivity contribution in [2.45, 2.75) is 32.2 Å². The summed E-state index contributed by atoms with van der Waals surface area (Å²) in [5.41, 5.74) is 5.60. The molecule has 3 N–H and O–H groups in total. The number of rotatable bonds is 6. The van der Waals surface area contributed by atoms with Crippen molar-refractivity contribution in [3.05, 3.63) is 0 Å². The van der Waals surface area contributed by atoms with Gasteiger partial charge in [-0.1, -0.05) is 19.8 Å². The molecule has 0 radical (unpaired) electrons.